The quantitative estimate of drug-likeness (QED) is 0.356. The standard InChI is InChI=1S/C22H31N3O5S/c1-3-4-15-31(27,28)25-20(22(26)29-2)16-17-10-12-19(13-11-17)30-14-6-8-18-7-5-9-21(23)24-18/h5,7,9-13,20,25H,3-4,6,8,14-16H2,1-2H3,(H2,23,24). The number of ether oxygens (including phenoxy) is 2. The van der Waals surface area contributed by atoms with E-state index in [9.17, 15) is 13.2 Å². The first-order chi connectivity index (χ1) is 14.8. The third-order valence-electron chi connectivity index (χ3n) is 4.61. The third kappa shape index (κ3) is 8.94. The van der Waals surface area contributed by atoms with Gasteiger partial charge in [-0.1, -0.05) is 31.5 Å². The zero-order valence-electron chi connectivity index (χ0n) is 18.0. The van der Waals surface area contributed by atoms with Crippen LogP contribution in [0.15, 0.2) is 42.5 Å². The fraction of sp³-hybridized carbons (Fsp3) is 0.455. The summed E-state index contributed by atoms with van der Waals surface area (Å²) in [5, 5.41) is 0. The van der Waals surface area contributed by atoms with Crippen LogP contribution in [0.4, 0.5) is 5.82 Å². The van der Waals surface area contributed by atoms with Gasteiger partial charge in [-0.2, -0.15) is 0 Å². The molecule has 0 radical (unpaired) electrons. The van der Waals surface area contributed by atoms with Gasteiger partial charge in [-0.15, -0.1) is 0 Å². The van der Waals surface area contributed by atoms with Gasteiger partial charge in [-0.25, -0.2) is 18.1 Å². The monoisotopic (exact) mass is 449 g/mol. The molecule has 31 heavy (non-hydrogen) atoms. The lowest BCUT2D eigenvalue weighted by Crippen LogP contribution is -2.43. The van der Waals surface area contributed by atoms with Gasteiger partial charge in [0.2, 0.25) is 10.0 Å². The number of benzene rings is 1. The molecule has 0 aliphatic heterocycles. The van der Waals surface area contributed by atoms with Crippen molar-refractivity contribution in [2.24, 2.45) is 0 Å². The molecule has 0 amide bonds. The fourth-order valence-corrected chi connectivity index (χ4v) is 4.36. The van der Waals surface area contributed by atoms with E-state index in [1.165, 1.54) is 7.11 Å². The Hall–Kier alpha value is -2.65. The summed E-state index contributed by atoms with van der Waals surface area (Å²) in [7, 11) is -2.31. The number of nitrogens with one attached hydrogen (secondary N) is 1. The molecule has 0 fully saturated rings. The number of hydrogen-bond acceptors (Lipinski definition) is 7. The first-order valence-electron chi connectivity index (χ1n) is 10.3. The second-order valence-corrected chi connectivity index (χ2v) is 9.09. The molecule has 8 nitrogen and oxygen atoms in total. The molecule has 3 N–H and O–H groups in total. The Bertz CT molecular complexity index is 932. The topological polar surface area (TPSA) is 121 Å². The number of methoxy groups -OCH3 is 1. The highest BCUT2D eigenvalue weighted by Gasteiger charge is 2.25. The normalized spacial score (nSPS) is 12.3. The molecule has 1 aromatic heterocycles. The van der Waals surface area contributed by atoms with Gasteiger partial charge in [0.1, 0.15) is 17.6 Å². The lowest BCUT2D eigenvalue weighted by molar-refractivity contribution is -0.142. The van der Waals surface area contributed by atoms with Gasteiger partial charge in [0.15, 0.2) is 0 Å². The molecule has 2 rings (SSSR count). The average molecular weight is 450 g/mol. The minimum absolute atomic E-state index is 0.0190. The van der Waals surface area contributed by atoms with Crippen LogP contribution in [0.1, 0.15) is 37.4 Å². The van der Waals surface area contributed by atoms with Crippen LogP contribution in [0.5, 0.6) is 5.75 Å². The number of esters is 1. The minimum Gasteiger partial charge on any atom is -0.494 e. The van der Waals surface area contributed by atoms with Gasteiger partial charge in [-0.3, -0.25) is 4.79 Å². The Balaban J connectivity index is 1.87. The number of nitrogens with zero attached hydrogens (tertiary/aromatic N) is 1. The van der Waals surface area contributed by atoms with Crippen LogP contribution in [-0.2, 0) is 32.4 Å². The van der Waals surface area contributed by atoms with Gasteiger partial charge >= 0.3 is 5.97 Å². The number of pyridine rings is 1. The molecular weight excluding hydrogens is 418 g/mol. The molecule has 1 aromatic carbocycles. The van der Waals surface area contributed by atoms with Crippen molar-refractivity contribution in [2.45, 2.75) is 45.1 Å². The number of aryl methyl sites for hydroxylation is 1. The Kier molecular flexibility index (Phi) is 9.74. The summed E-state index contributed by atoms with van der Waals surface area (Å²) in [6.45, 7) is 2.43. The highest BCUT2D eigenvalue weighted by molar-refractivity contribution is 7.89. The van der Waals surface area contributed by atoms with Crippen molar-refractivity contribution in [3.63, 3.8) is 0 Å². The van der Waals surface area contributed by atoms with Crippen molar-refractivity contribution in [3.8, 4) is 5.75 Å². The Labute approximate surface area is 184 Å². The number of aromatic nitrogens is 1. The van der Waals surface area contributed by atoms with Crippen molar-refractivity contribution in [1.82, 2.24) is 9.71 Å². The van der Waals surface area contributed by atoms with Gasteiger partial charge in [-0.05, 0) is 55.5 Å². The first-order valence-corrected chi connectivity index (χ1v) is 12.0. The Morgan fingerprint density at radius 2 is 1.90 bits per heavy atom. The SMILES string of the molecule is CCCCS(=O)(=O)NC(Cc1ccc(OCCCc2cccc(N)n2)cc1)C(=O)OC. The Morgan fingerprint density at radius 3 is 2.55 bits per heavy atom. The summed E-state index contributed by atoms with van der Waals surface area (Å²) < 4.78 is 37.3. The second-order valence-electron chi connectivity index (χ2n) is 7.22. The van der Waals surface area contributed by atoms with Crippen molar-refractivity contribution in [1.29, 1.82) is 0 Å². The summed E-state index contributed by atoms with van der Waals surface area (Å²) >= 11 is 0. The van der Waals surface area contributed by atoms with Crippen LogP contribution >= 0.6 is 0 Å². The summed E-state index contributed by atoms with van der Waals surface area (Å²) in [4.78, 5) is 16.3. The predicted molar refractivity (Wildman–Crippen MR) is 120 cm³/mol. The molecule has 1 unspecified atom stereocenters. The maximum absolute atomic E-state index is 12.2. The van der Waals surface area contributed by atoms with E-state index in [0.29, 0.717) is 24.6 Å². The maximum Gasteiger partial charge on any atom is 0.324 e. The predicted octanol–water partition coefficient (Wildman–Crippen LogP) is 2.48. The number of nitrogens with two attached hydrogens (primary N) is 1. The molecule has 0 aliphatic rings. The molecule has 1 heterocycles. The molecule has 170 valence electrons. The zero-order valence-corrected chi connectivity index (χ0v) is 18.9. The number of sulfonamides is 1. The molecule has 0 spiro atoms. The molecule has 0 saturated heterocycles. The van der Waals surface area contributed by atoms with Gasteiger partial charge in [0, 0.05) is 5.69 Å². The van der Waals surface area contributed by atoms with Gasteiger partial charge in [0.25, 0.3) is 0 Å². The van der Waals surface area contributed by atoms with E-state index in [1.807, 2.05) is 31.2 Å². The smallest absolute Gasteiger partial charge is 0.324 e. The second kappa shape index (κ2) is 12.3. The fourth-order valence-electron chi connectivity index (χ4n) is 2.96. The van der Waals surface area contributed by atoms with E-state index in [2.05, 4.69) is 9.71 Å². The lowest BCUT2D eigenvalue weighted by Gasteiger charge is -2.17. The largest absolute Gasteiger partial charge is 0.494 e. The summed E-state index contributed by atoms with van der Waals surface area (Å²) in [6, 6.07) is 11.8. The first kappa shape index (κ1) is 24.6. The van der Waals surface area contributed by atoms with Gasteiger partial charge in [0.05, 0.1) is 19.5 Å². The van der Waals surface area contributed by atoms with E-state index in [-0.39, 0.29) is 12.2 Å². The third-order valence-corrected chi connectivity index (χ3v) is 6.08. The number of nitrogen functional groups attached to an aromatic ring is 1. The number of anilines is 1. The maximum atomic E-state index is 12.2. The molecule has 9 heteroatoms. The number of carbonyl (C=O) groups excluding carboxylic acids is 1. The van der Waals surface area contributed by atoms with Crippen LogP contribution in [-0.4, -0.2) is 44.9 Å². The van der Waals surface area contributed by atoms with Crippen LogP contribution < -0.4 is 15.2 Å². The van der Waals surface area contributed by atoms with Crippen molar-refractivity contribution in [3.05, 3.63) is 53.7 Å². The molecule has 0 bridgehead atoms. The number of carbonyl (C=O) groups is 1. The number of hydrogen-bond donors (Lipinski definition) is 2. The zero-order chi connectivity index (χ0) is 22.7. The van der Waals surface area contributed by atoms with Crippen LogP contribution in [0, 0.1) is 0 Å². The van der Waals surface area contributed by atoms with E-state index in [0.717, 1.165) is 30.5 Å². The van der Waals surface area contributed by atoms with Crippen LogP contribution in [0.25, 0.3) is 0 Å². The van der Waals surface area contributed by atoms with E-state index >= 15 is 0 Å². The van der Waals surface area contributed by atoms with E-state index in [1.54, 1.807) is 18.2 Å². The van der Waals surface area contributed by atoms with E-state index < -0.39 is 22.0 Å². The highest BCUT2D eigenvalue weighted by atomic mass is 32.2. The summed E-state index contributed by atoms with van der Waals surface area (Å²) in [6.07, 6.45) is 3.04. The summed E-state index contributed by atoms with van der Waals surface area (Å²) in [5.41, 5.74) is 7.40. The number of unbranched alkanes of at least 4 members (excludes halogenated alkanes) is 1. The van der Waals surface area contributed by atoms with Crippen LogP contribution in [0.3, 0.4) is 0 Å². The molecular formula is C22H31N3O5S. The van der Waals surface area contributed by atoms with Crippen molar-refractivity contribution < 1.29 is 22.7 Å². The van der Waals surface area contributed by atoms with Crippen molar-refractivity contribution >= 4 is 21.8 Å². The van der Waals surface area contributed by atoms with Crippen LogP contribution in [0.2, 0.25) is 0 Å². The lowest BCUT2D eigenvalue weighted by atomic mass is 10.1. The molecule has 0 saturated carbocycles. The average Bonchev–Trinajstić information content (AvgIpc) is 2.75. The van der Waals surface area contributed by atoms with Gasteiger partial charge < -0.3 is 15.2 Å². The molecule has 0 aliphatic carbocycles. The van der Waals surface area contributed by atoms with E-state index in [4.69, 9.17) is 15.2 Å². The molecule has 1 atom stereocenters. The van der Waals surface area contributed by atoms with Crippen molar-refractivity contribution in [2.75, 3.05) is 25.2 Å². The molecule has 2 aromatic rings. The Morgan fingerprint density at radius 1 is 1.16 bits per heavy atom. The highest BCUT2D eigenvalue weighted by Crippen LogP contribution is 2.15. The number of rotatable bonds is 13. The minimum atomic E-state index is -3.56. The summed E-state index contributed by atoms with van der Waals surface area (Å²) in [5.74, 6) is 0.569.